The summed E-state index contributed by atoms with van der Waals surface area (Å²) in [6.45, 7) is 9.35. The van der Waals surface area contributed by atoms with Crippen molar-refractivity contribution < 1.29 is 9.53 Å². The number of ether oxygens (including phenoxy) is 1. The smallest absolute Gasteiger partial charge is 0.413 e. The second-order valence-corrected chi connectivity index (χ2v) is 5.50. The molecule has 0 fully saturated rings. The molecule has 0 saturated carbocycles. The van der Waals surface area contributed by atoms with Crippen LogP contribution in [0.25, 0.3) is 0 Å². The number of pyridine rings is 1. The fourth-order valence-corrected chi connectivity index (χ4v) is 1.83. The zero-order valence-corrected chi connectivity index (χ0v) is 12.3. The fourth-order valence-electron chi connectivity index (χ4n) is 1.83. The molecule has 0 radical (unpaired) electrons. The first-order chi connectivity index (χ1) is 8.74. The van der Waals surface area contributed by atoms with Crippen LogP contribution in [-0.2, 0) is 11.2 Å². The third-order valence-corrected chi connectivity index (χ3v) is 2.54. The van der Waals surface area contributed by atoms with E-state index in [1.54, 1.807) is 6.20 Å². The van der Waals surface area contributed by atoms with Crippen molar-refractivity contribution in [2.24, 2.45) is 5.73 Å². The fraction of sp³-hybridized carbons (Fsp3) is 0.571. The Morgan fingerprint density at radius 1 is 1.53 bits per heavy atom. The van der Waals surface area contributed by atoms with Crippen molar-refractivity contribution in [3.05, 3.63) is 23.4 Å². The van der Waals surface area contributed by atoms with E-state index >= 15 is 0 Å². The maximum Gasteiger partial charge on any atom is 0.413 e. The Bertz CT molecular complexity index is 450. The minimum absolute atomic E-state index is 0.200. The summed E-state index contributed by atoms with van der Waals surface area (Å²) in [5, 5.41) is 2.67. The number of anilines is 1. The van der Waals surface area contributed by atoms with Crippen molar-refractivity contribution in [2.75, 3.05) is 5.32 Å². The normalized spacial score (nSPS) is 12.9. The van der Waals surface area contributed by atoms with Crippen LogP contribution in [-0.4, -0.2) is 16.7 Å². The van der Waals surface area contributed by atoms with Crippen molar-refractivity contribution >= 4 is 11.9 Å². The average molecular weight is 265 g/mol. The molecule has 1 amide bonds. The average Bonchev–Trinajstić information content (AvgIpc) is 2.25. The van der Waals surface area contributed by atoms with Gasteiger partial charge in [-0.15, -0.1) is 0 Å². The summed E-state index contributed by atoms with van der Waals surface area (Å²) in [7, 11) is 0. The zero-order chi connectivity index (χ0) is 14.6. The second-order valence-electron chi connectivity index (χ2n) is 5.50. The Morgan fingerprint density at radius 3 is 2.63 bits per heavy atom. The van der Waals surface area contributed by atoms with Gasteiger partial charge in [-0.2, -0.15) is 0 Å². The highest BCUT2D eigenvalue weighted by atomic mass is 16.6. The highest BCUT2D eigenvalue weighted by Gasteiger charge is 2.19. The van der Waals surface area contributed by atoms with Crippen LogP contribution >= 0.6 is 0 Å². The molecule has 1 aromatic heterocycles. The van der Waals surface area contributed by atoms with E-state index in [9.17, 15) is 4.79 Å². The number of amides is 1. The van der Waals surface area contributed by atoms with E-state index in [0.717, 1.165) is 17.5 Å². The molecule has 1 rings (SSSR count). The summed E-state index contributed by atoms with van der Waals surface area (Å²) >= 11 is 0. The quantitative estimate of drug-likeness (QED) is 0.880. The van der Waals surface area contributed by atoms with Gasteiger partial charge in [0.25, 0.3) is 0 Å². The molecular formula is C14H23N3O2. The lowest BCUT2D eigenvalue weighted by Crippen LogP contribution is -2.28. The number of nitrogens with two attached hydrogens (primary N) is 1. The van der Waals surface area contributed by atoms with Crippen molar-refractivity contribution in [3.8, 4) is 0 Å². The van der Waals surface area contributed by atoms with Crippen LogP contribution in [0.1, 0.15) is 51.8 Å². The van der Waals surface area contributed by atoms with E-state index in [1.807, 2.05) is 40.7 Å². The molecule has 1 heterocycles. The SMILES string of the molecule is CCc1ccnc(NC(=O)OC(C)(C)C)c1C(C)N. The van der Waals surface area contributed by atoms with E-state index in [0.29, 0.717) is 5.82 Å². The Labute approximate surface area is 114 Å². The summed E-state index contributed by atoms with van der Waals surface area (Å²) in [4.78, 5) is 16.0. The predicted molar refractivity (Wildman–Crippen MR) is 76.1 cm³/mol. The van der Waals surface area contributed by atoms with Crippen molar-refractivity contribution in [1.82, 2.24) is 4.98 Å². The first-order valence-electron chi connectivity index (χ1n) is 6.48. The van der Waals surface area contributed by atoms with Gasteiger partial charge in [-0.25, -0.2) is 9.78 Å². The first kappa shape index (κ1) is 15.4. The van der Waals surface area contributed by atoms with Gasteiger partial charge in [-0.05, 0) is 45.7 Å². The molecule has 5 nitrogen and oxygen atoms in total. The topological polar surface area (TPSA) is 77.2 Å². The number of nitrogens with zero attached hydrogens (tertiary/aromatic N) is 1. The lowest BCUT2D eigenvalue weighted by molar-refractivity contribution is 0.0635. The van der Waals surface area contributed by atoms with E-state index in [2.05, 4.69) is 10.3 Å². The van der Waals surface area contributed by atoms with Gasteiger partial charge in [0.05, 0.1) is 0 Å². The summed E-state index contributed by atoms with van der Waals surface area (Å²) in [5.74, 6) is 0.476. The van der Waals surface area contributed by atoms with Gasteiger partial charge in [0.1, 0.15) is 11.4 Å². The van der Waals surface area contributed by atoms with Crippen molar-refractivity contribution in [3.63, 3.8) is 0 Å². The summed E-state index contributed by atoms with van der Waals surface area (Å²) in [5.41, 5.74) is 7.36. The van der Waals surface area contributed by atoms with Gasteiger partial charge < -0.3 is 10.5 Å². The molecule has 0 spiro atoms. The Balaban J connectivity index is 2.98. The van der Waals surface area contributed by atoms with Crippen molar-refractivity contribution in [1.29, 1.82) is 0 Å². The number of carbonyl (C=O) groups is 1. The van der Waals surface area contributed by atoms with Crippen LogP contribution in [0.2, 0.25) is 0 Å². The van der Waals surface area contributed by atoms with Crippen LogP contribution in [0.5, 0.6) is 0 Å². The van der Waals surface area contributed by atoms with Crippen LogP contribution in [0.4, 0.5) is 10.6 Å². The van der Waals surface area contributed by atoms with Crippen LogP contribution in [0, 0.1) is 0 Å². The lowest BCUT2D eigenvalue weighted by atomic mass is 10.0. The monoisotopic (exact) mass is 265 g/mol. The van der Waals surface area contributed by atoms with Gasteiger partial charge in [-0.3, -0.25) is 5.32 Å². The van der Waals surface area contributed by atoms with Crippen LogP contribution < -0.4 is 11.1 Å². The first-order valence-corrected chi connectivity index (χ1v) is 6.48. The Morgan fingerprint density at radius 2 is 2.16 bits per heavy atom. The zero-order valence-electron chi connectivity index (χ0n) is 12.3. The summed E-state index contributed by atoms with van der Waals surface area (Å²) in [6.07, 6.45) is 1.98. The standard InChI is InChI=1S/C14H23N3O2/c1-6-10-7-8-16-12(11(10)9(2)15)17-13(18)19-14(3,4)5/h7-9H,6,15H2,1-5H3,(H,16,17,18). The third kappa shape index (κ3) is 4.52. The van der Waals surface area contributed by atoms with Gasteiger partial charge in [0.15, 0.2) is 0 Å². The van der Waals surface area contributed by atoms with E-state index < -0.39 is 11.7 Å². The lowest BCUT2D eigenvalue weighted by Gasteiger charge is -2.21. The molecule has 106 valence electrons. The molecule has 1 unspecified atom stereocenters. The van der Waals surface area contributed by atoms with Crippen LogP contribution in [0.15, 0.2) is 12.3 Å². The van der Waals surface area contributed by atoms with Gasteiger partial charge in [-0.1, -0.05) is 6.92 Å². The molecule has 0 aliphatic heterocycles. The minimum Gasteiger partial charge on any atom is -0.444 e. The van der Waals surface area contributed by atoms with Crippen LogP contribution in [0.3, 0.4) is 0 Å². The maximum absolute atomic E-state index is 11.8. The summed E-state index contributed by atoms with van der Waals surface area (Å²) in [6, 6.07) is 1.72. The Hall–Kier alpha value is -1.62. The molecular weight excluding hydrogens is 242 g/mol. The number of carbonyl (C=O) groups excluding carboxylic acids is 1. The maximum atomic E-state index is 11.8. The minimum atomic E-state index is -0.541. The molecule has 0 bridgehead atoms. The third-order valence-electron chi connectivity index (χ3n) is 2.54. The number of nitrogens with one attached hydrogen (secondary N) is 1. The van der Waals surface area contributed by atoms with E-state index in [-0.39, 0.29) is 6.04 Å². The number of aromatic nitrogens is 1. The number of aryl methyl sites for hydroxylation is 1. The highest BCUT2D eigenvalue weighted by molar-refractivity contribution is 5.84. The molecule has 1 atom stereocenters. The van der Waals surface area contributed by atoms with Gasteiger partial charge in [0, 0.05) is 17.8 Å². The van der Waals surface area contributed by atoms with Gasteiger partial charge >= 0.3 is 6.09 Å². The highest BCUT2D eigenvalue weighted by Crippen LogP contribution is 2.24. The number of hydrogen-bond donors (Lipinski definition) is 2. The molecule has 0 aliphatic carbocycles. The number of hydrogen-bond acceptors (Lipinski definition) is 4. The molecule has 5 heteroatoms. The second kappa shape index (κ2) is 6.02. The Kier molecular flexibility index (Phi) is 4.89. The summed E-state index contributed by atoms with van der Waals surface area (Å²) < 4.78 is 5.22. The molecule has 0 aromatic carbocycles. The number of rotatable bonds is 3. The van der Waals surface area contributed by atoms with Gasteiger partial charge in [0.2, 0.25) is 0 Å². The molecule has 0 aliphatic rings. The largest absolute Gasteiger partial charge is 0.444 e. The molecule has 3 N–H and O–H groups in total. The molecule has 0 saturated heterocycles. The van der Waals surface area contributed by atoms with E-state index in [1.165, 1.54) is 0 Å². The van der Waals surface area contributed by atoms with E-state index in [4.69, 9.17) is 10.5 Å². The van der Waals surface area contributed by atoms with Crippen molar-refractivity contribution in [2.45, 2.75) is 52.7 Å². The molecule has 1 aromatic rings. The predicted octanol–water partition coefficient (Wildman–Crippen LogP) is 3.01. The molecule has 19 heavy (non-hydrogen) atoms.